The summed E-state index contributed by atoms with van der Waals surface area (Å²) in [5.74, 6) is -0.00696. The largest absolute Gasteiger partial charge is 0.344 e. The number of rotatable bonds is 4. The molecule has 26 heavy (non-hydrogen) atoms. The summed E-state index contributed by atoms with van der Waals surface area (Å²) in [5, 5.41) is 10.4. The van der Waals surface area contributed by atoms with Gasteiger partial charge in [0.15, 0.2) is 5.65 Å². The van der Waals surface area contributed by atoms with Gasteiger partial charge in [0.2, 0.25) is 11.9 Å². The summed E-state index contributed by atoms with van der Waals surface area (Å²) in [6, 6.07) is 8.57. The first-order valence-corrected chi connectivity index (χ1v) is 8.36. The highest BCUT2D eigenvalue weighted by molar-refractivity contribution is 5.96. The smallest absolute Gasteiger partial charge is 0.263 e. The first-order chi connectivity index (χ1) is 12.3. The fourth-order valence-corrected chi connectivity index (χ4v) is 2.52. The highest BCUT2D eigenvalue weighted by Gasteiger charge is 2.21. The molecule has 1 aromatic carbocycles. The van der Waals surface area contributed by atoms with Crippen LogP contribution in [0.25, 0.3) is 11.0 Å². The molecular formula is C18H22N6O2. The van der Waals surface area contributed by atoms with Gasteiger partial charge in [-0.15, -0.1) is 0 Å². The summed E-state index contributed by atoms with van der Waals surface area (Å²) in [7, 11) is 0. The third kappa shape index (κ3) is 3.58. The number of aromatic nitrogens is 4. The second kappa shape index (κ2) is 6.62. The molecule has 0 radical (unpaired) electrons. The molecule has 0 spiro atoms. The summed E-state index contributed by atoms with van der Waals surface area (Å²) in [6.45, 7) is 7.63. The van der Waals surface area contributed by atoms with E-state index in [-0.39, 0.29) is 23.0 Å². The van der Waals surface area contributed by atoms with Gasteiger partial charge in [0.25, 0.3) is 5.56 Å². The van der Waals surface area contributed by atoms with Crippen molar-refractivity contribution in [3.05, 3.63) is 46.9 Å². The lowest BCUT2D eigenvalue weighted by molar-refractivity contribution is -0.116. The molecule has 2 heterocycles. The Morgan fingerprint density at radius 3 is 2.58 bits per heavy atom. The zero-order valence-electron chi connectivity index (χ0n) is 15.2. The van der Waals surface area contributed by atoms with Crippen LogP contribution in [0.1, 0.15) is 27.7 Å². The molecule has 3 N–H and O–H groups in total. The Bertz CT molecular complexity index is 984. The van der Waals surface area contributed by atoms with Gasteiger partial charge in [-0.25, -0.2) is 4.68 Å². The fraction of sp³-hybridized carbons (Fsp3) is 0.333. The van der Waals surface area contributed by atoms with Crippen molar-refractivity contribution in [1.82, 2.24) is 19.7 Å². The molecule has 1 unspecified atom stereocenters. The summed E-state index contributed by atoms with van der Waals surface area (Å²) >= 11 is 0. The van der Waals surface area contributed by atoms with E-state index in [9.17, 15) is 9.59 Å². The molecule has 1 atom stereocenters. The van der Waals surface area contributed by atoms with Gasteiger partial charge >= 0.3 is 0 Å². The highest BCUT2D eigenvalue weighted by Crippen LogP contribution is 2.19. The van der Waals surface area contributed by atoms with Crippen molar-refractivity contribution in [2.75, 3.05) is 10.6 Å². The number of H-pyrrole nitrogens is 1. The maximum atomic E-state index is 12.3. The average molecular weight is 354 g/mol. The number of benzene rings is 1. The third-order valence-corrected chi connectivity index (χ3v) is 3.86. The van der Waals surface area contributed by atoms with E-state index >= 15 is 0 Å². The van der Waals surface area contributed by atoms with Crippen molar-refractivity contribution in [2.45, 2.75) is 39.3 Å². The van der Waals surface area contributed by atoms with Crippen LogP contribution in [0.3, 0.4) is 0 Å². The first kappa shape index (κ1) is 17.7. The van der Waals surface area contributed by atoms with E-state index < -0.39 is 6.04 Å². The summed E-state index contributed by atoms with van der Waals surface area (Å²) < 4.78 is 1.69. The van der Waals surface area contributed by atoms with Gasteiger partial charge in [0, 0.05) is 5.69 Å². The van der Waals surface area contributed by atoms with Gasteiger partial charge in [-0.2, -0.15) is 10.1 Å². The molecule has 0 saturated carbocycles. The number of fused-ring (bicyclic) bond motifs is 1. The second-order valence-electron chi connectivity index (χ2n) is 7.10. The average Bonchev–Trinajstić information content (AvgIpc) is 3.00. The Balaban J connectivity index is 1.84. The number of nitrogens with zero attached hydrogens (tertiary/aromatic N) is 3. The van der Waals surface area contributed by atoms with Crippen LogP contribution in [0.4, 0.5) is 11.6 Å². The monoisotopic (exact) mass is 354 g/mol. The first-order valence-electron chi connectivity index (χ1n) is 8.36. The van der Waals surface area contributed by atoms with E-state index in [1.807, 2.05) is 39.0 Å². The lowest BCUT2D eigenvalue weighted by Crippen LogP contribution is -2.33. The van der Waals surface area contributed by atoms with Crippen molar-refractivity contribution in [1.29, 1.82) is 0 Å². The van der Waals surface area contributed by atoms with Crippen LogP contribution in [0.2, 0.25) is 0 Å². The van der Waals surface area contributed by atoms with E-state index in [4.69, 9.17) is 0 Å². The van der Waals surface area contributed by atoms with Crippen molar-refractivity contribution in [2.24, 2.45) is 0 Å². The van der Waals surface area contributed by atoms with Crippen LogP contribution in [0.15, 0.2) is 41.3 Å². The van der Waals surface area contributed by atoms with Crippen LogP contribution < -0.4 is 16.2 Å². The second-order valence-corrected chi connectivity index (χ2v) is 7.10. The number of para-hydroxylation sites is 1. The molecule has 0 bridgehead atoms. The lowest BCUT2D eigenvalue weighted by atomic mass is 10.1. The molecule has 8 nitrogen and oxygen atoms in total. The molecule has 0 saturated heterocycles. The van der Waals surface area contributed by atoms with Crippen LogP contribution in [-0.4, -0.2) is 31.7 Å². The normalized spacial score (nSPS) is 12.8. The van der Waals surface area contributed by atoms with Crippen molar-refractivity contribution >= 4 is 28.6 Å². The number of nitrogens with one attached hydrogen (secondary N) is 3. The molecular weight excluding hydrogens is 332 g/mol. The summed E-state index contributed by atoms with van der Waals surface area (Å²) in [4.78, 5) is 31.7. The van der Waals surface area contributed by atoms with Gasteiger partial charge in [-0.3, -0.25) is 14.6 Å². The van der Waals surface area contributed by atoms with Crippen LogP contribution in [-0.2, 0) is 10.3 Å². The van der Waals surface area contributed by atoms with Gasteiger partial charge in [-0.05, 0) is 39.8 Å². The van der Waals surface area contributed by atoms with Crippen LogP contribution in [0, 0.1) is 0 Å². The Morgan fingerprint density at radius 2 is 1.92 bits per heavy atom. The van der Waals surface area contributed by atoms with E-state index in [1.165, 1.54) is 6.20 Å². The number of aromatic amines is 1. The fourth-order valence-electron chi connectivity index (χ4n) is 2.52. The van der Waals surface area contributed by atoms with Crippen LogP contribution in [0.5, 0.6) is 0 Å². The number of carbonyl (C=O) groups excluding carboxylic acids is 1. The zero-order valence-corrected chi connectivity index (χ0v) is 15.2. The van der Waals surface area contributed by atoms with Crippen molar-refractivity contribution in [3.63, 3.8) is 0 Å². The van der Waals surface area contributed by atoms with Crippen molar-refractivity contribution < 1.29 is 4.79 Å². The highest BCUT2D eigenvalue weighted by atomic mass is 16.2. The minimum Gasteiger partial charge on any atom is -0.344 e. The molecule has 0 aliphatic carbocycles. The molecule has 136 valence electrons. The minimum absolute atomic E-state index is 0.226. The number of hydrogen-bond donors (Lipinski definition) is 3. The Labute approximate surface area is 150 Å². The molecule has 1 amide bonds. The SMILES string of the molecule is CC(Nc1nc2c(cnn2C(C)(C)C)c(=O)[nH]1)C(=O)Nc1ccccc1. The van der Waals surface area contributed by atoms with E-state index in [1.54, 1.807) is 23.7 Å². The predicted molar refractivity (Wildman–Crippen MR) is 101 cm³/mol. The van der Waals surface area contributed by atoms with Gasteiger partial charge in [-0.1, -0.05) is 18.2 Å². The quantitative estimate of drug-likeness (QED) is 0.667. The topological polar surface area (TPSA) is 105 Å². The zero-order chi connectivity index (χ0) is 18.9. The molecule has 0 fully saturated rings. The Kier molecular flexibility index (Phi) is 4.50. The predicted octanol–water partition coefficient (Wildman–Crippen LogP) is 2.31. The van der Waals surface area contributed by atoms with Crippen molar-refractivity contribution in [3.8, 4) is 0 Å². The number of anilines is 2. The lowest BCUT2D eigenvalue weighted by Gasteiger charge is -2.20. The summed E-state index contributed by atoms with van der Waals surface area (Å²) in [6.07, 6.45) is 1.50. The number of carbonyl (C=O) groups is 1. The molecule has 2 aromatic heterocycles. The standard InChI is InChI=1S/C18H22N6O2/c1-11(15(25)21-12-8-6-5-7-9-12)20-17-22-14-13(16(26)23-17)10-19-24(14)18(2,3)4/h5-11H,1-4H3,(H,21,25)(H2,20,22,23,26). The molecule has 0 aliphatic heterocycles. The molecule has 3 aromatic rings. The van der Waals surface area contributed by atoms with E-state index in [0.717, 1.165) is 0 Å². The van der Waals surface area contributed by atoms with E-state index in [0.29, 0.717) is 16.7 Å². The van der Waals surface area contributed by atoms with Crippen LogP contribution >= 0.6 is 0 Å². The maximum Gasteiger partial charge on any atom is 0.263 e. The van der Waals surface area contributed by atoms with E-state index in [2.05, 4.69) is 25.7 Å². The minimum atomic E-state index is -0.596. The van der Waals surface area contributed by atoms with Gasteiger partial charge in [0.1, 0.15) is 11.4 Å². The summed E-state index contributed by atoms with van der Waals surface area (Å²) in [5.41, 5.74) is 0.549. The molecule has 8 heteroatoms. The number of amides is 1. The molecule has 0 aliphatic rings. The maximum absolute atomic E-state index is 12.3. The Morgan fingerprint density at radius 1 is 1.23 bits per heavy atom. The van der Waals surface area contributed by atoms with Gasteiger partial charge < -0.3 is 10.6 Å². The Hall–Kier alpha value is -3.16. The van der Waals surface area contributed by atoms with Gasteiger partial charge in [0.05, 0.1) is 11.7 Å². The number of hydrogen-bond acceptors (Lipinski definition) is 5. The molecule has 3 rings (SSSR count). The third-order valence-electron chi connectivity index (χ3n) is 3.86.